The van der Waals surface area contributed by atoms with E-state index in [0.29, 0.717) is 17.9 Å². The third-order valence-electron chi connectivity index (χ3n) is 2.30. The minimum absolute atomic E-state index is 0.0465. The zero-order chi connectivity index (χ0) is 11.5. The number of rotatable bonds is 3. The van der Waals surface area contributed by atoms with Crippen LogP contribution < -0.4 is 0 Å². The van der Waals surface area contributed by atoms with Crippen LogP contribution in [0.4, 0.5) is 5.69 Å². The van der Waals surface area contributed by atoms with Crippen LogP contribution in [0, 0.1) is 10.1 Å². The highest BCUT2D eigenvalue weighted by molar-refractivity contribution is 5.67. The molecule has 0 atom stereocenters. The van der Waals surface area contributed by atoms with Crippen LogP contribution in [0.2, 0.25) is 0 Å². The first-order chi connectivity index (χ1) is 7.74. The SMILES string of the molecule is CCn1cnnc1-c1ccccc1[N+](=O)[O-]. The molecule has 0 unspecified atom stereocenters. The fourth-order valence-electron chi connectivity index (χ4n) is 1.52. The van der Waals surface area contributed by atoms with E-state index in [1.807, 2.05) is 6.92 Å². The average Bonchev–Trinajstić information content (AvgIpc) is 2.76. The van der Waals surface area contributed by atoms with Crippen LogP contribution in [0.1, 0.15) is 6.92 Å². The van der Waals surface area contributed by atoms with E-state index in [9.17, 15) is 10.1 Å². The van der Waals surface area contributed by atoms with Gasteiger partial charge < -0.3 is 4.57 Å². The lowest BCUT2D eigenvalue weighted by molar-refractivity contribution is -0.384. The minimum Gasteiger partial charge on any atom is -0.314 e. The largest absolute Gasteiger partial charge is 0.314 e. The van der Waals surface area contributed by atoms with Gasteiger partial charge in [0, 0.05) is 12.6 Å². The van der Waals surface area contributed by atoms with Crippen molar-refractivity contribution in [3.05, 3.63) is 40.7 Å². The molecule has 0 amide bonds. The number of nitro benzene ring substituents is 1. The topological polar surface area (TPSA) is 73.8 Å². The number of nitro groups is 1. The molecule has 0 aliphatic rings. The standard InChI is InChI=1S/C10H10N4O2/c1-2-13-7-11-12-10(13)8-5-3-4-6-9(8)14(15)16/h3-7H,2H2,1H3. The summed E-state index contributed by atoms with van der Waals surface area (Å²) in [6.07, 6.45) is 1.56. The summed E-state index contributed by atoms with van der Waals surface area (Å²) >= 11 is 0. The Labute approximate surface area is 91.7 Å². The van der Waals surface area contributed by atoms with E-state index in [2.05, 4.69) is 10.2 Å². The summed E-state index contributed by atoms with van der Waals surface area (Å²) in [7, 11) is 0. The zero-order valence-electron chi connectivity index (χ0n) is 8.70. The van der Waals surface area contributed by atoms with E-state index in [1.54, 1.807) is 29.1 Å². The highest BCUT2D eigenvalue weighted by Gasteiger charge is 2.18. The van der Waals surface area contributed by atoms with Gasteiger partial charge in [-0.1, -0.05) is 12.1 Å². The number of nitrogens with zero attached hydrogens (tertiary/aromatic N) is 4. The Morgan fingerprint density at radius 2 is 2.19 bits per heavy atom. The van der Waals surface area contributed by atoms with Gasteiger partial charge in [0.25, 0.3) is 5.69 Å². The highest BCUT2D eigenvalue weighted by Crippen LogP contribution is 2.27. The molecule has 6 nitrogen and oxygen atoms in total. The minimum atomic E-state index is -0.413. The van der Waals surface area contributed by atoms with Crippen molar-refractivity contribution in [3.8, 4) is 11.4 Å². The quantitative estimate of drug-likeness (QED) is 0.582. The lowest BCUT2D eigenvalue weighted by atomic mass is 10.1. The van der Waals surface area contributed by atoms with Gasteiger partial charge in [-0.25, -0.2) is 0 Å². The van der Waals surface area contributed by atoms with Crippen molar-refractivity contribution in [1.82, 2.24) is 14.8 Å². The molecule has 0 aliphatic heterocycles. The van der Waals surface area contributed by atoms with Crippen LogP contribution in [0.15, 0.2) is 30.6 Å². The van der Waals surface area contributed by atoms with Gasteiger partial charge in [-0.3, -0.25) is 10.1 Å². The number of para-hydroxylation sites is 1. The third-order valence-corrected chi connectivity index (χ3v) is 2.30. The van der Waals surface area contributed by atoms with E-state index < -0.39 is 4.92 Å². The predicted molar refractivity (Wildman–Crippen MR) is 57.8 cm³/mol. The predicted octanol–water partition coefficient (Wildman–Crippen LogP) is 1.87. The fourth-order valence-corrected chi connectivity index (χ4v) is 1.52. The normalized spacial score (nSPS) is 10.3. The molecular weight excluding hydrogens is 208 g/mol. The van der Waals surface area contributed by atoms with E-state index in [4.69, 9.17) is 0 Å². The molecule has 0 saturated carbocycles. The number of benzene rings is 1. The van der Waals surface area contributed by atoms with Crippen molar-refractivity contribution in [2.45, 2.75) is 13.5 Å². The molecular formula is C10H10N4O2. The van der Waals surface area contributed by atoms with Crippen LogP contribution in [0.25, 0.3) is 11.4 Å². The molecule has 0 spiro atoms. The second-order valence-corrected chi connectivity index (χ2v) is 3.21. The van der Waals surface area contributed by atoms with Gasteiger partial charge in [0.15, 0.2) is 5.82 Å². The Morgan fingerprint density at radius 1 is 1.44 bits per heavy atom. The maximum absolute atomic E-state index is 10.9. The molecule has 2 rings (SSSR count). The Hall–Kier alpha value is -2.24. The van der Waals surface area contributed by atoms with Crippen molar-refractivity contribution in [2.75, 3.05) is 0 Å². The van der Waals surface area contributed by atoms with Gasteiger partial charge in [-0.15, -0.1) is 10.2 Å². The van der Waals surface area contributed by atoms with Gasteiger partial charge in [0.1, 0.15) is 6.33 Å². The summed E-state index contributed by atoms with van der Waals surface area (Å²) in [5.74, 6) is 0.523. The average molecular weight is 218 g/mol. The van der Waals surface area contributed by atoms with E-state index >= 15 is 0 Å². The van der Waals surface area contributed by atoms with E-state index in [0.717, 1.165) is 0 Å². The molecule has 0 aliphatic carbocycles. The first kappa shape index (κ1) is 10.3. The summed E-state index contributed by atoms with van der Waals surface area (Å²) in [6.45, 7) is 2.61. The van der Waals surface area contributed by atoms with Crippen LogP contribution in [-0.2, 0) is 6.54 Å². The zero-order valence-corrected chi connectivity index (χ0v) is 8.70. The number of hydrogen-bond acceptors (Lipinski definition) is 4. The smallest absolute Gasteiger partial charge is 0.280 e. The van der Waals surface area contributed by atoms with Crippen LogP contribution in [0.5, 0.6) is 0 Å². The third kappa shape index (κ3) is 1.65. The van der Waals surface area contributed by atoms with Gasteiger partial charge >= 0.3 is 0 Å². The second kappa shape index (κ2) is 4.09. The molecule has 0 fully saturated rings. The molecule has 6 heteroatoms. The van der Waals surface area contributed by atoms with E-state index in [-0.39, 0.29) is 5.69 Å². The summed E-state index contributed by atoms with van der Waals surface area (Å²) in [6, 6.07) is 6.52. The molecule has 0 saturated heterocycles. The molecule has 0 radical (unpaired) electrons. The molecule has 0 bridgehead atoms. The lowest BCUT2D eigenvalue weighted by Crippen LogP contribution is -1.99. The molecule has 1 aromatic heterocycles. The molecule has 82 valence electrons. The lowest BCUT2D eigenvalue weighted by Gasteiger charge is -2.03. The highest BCUT2D eigenvalue weighted by atomic mass is 16.6. The van der Waals surface area contributed by atoms with Gasteiger partial charge in [0.2, 0.25) is 0 Å². The summed E-state index contributed by atoms with van der Waals surface area (Å²) in [5, 5.41) is 18.5. The van der Waals surface area contributed by atoms with Gasteiger partial charge in [-0.2, -0.15) is 0 Å². The molecule has 16 heavy (non-hydrogen) atoms. The summed E-state index contributed by atoms with van der Waals surface area (Å²) in [4.78, 5) is 10.5. The van der Waals surface area contributed by atoms with Crippen molar-refractivity contribution in [2.24, 2.45) is 0 Å². The number of hydrogen-bond donors (Lipinski definition) is 0. The second-order valence-electron chi connectivity index (χ2n) is 3.21. The Morgan fingerprint density at radius 3 is 2.88 bits per heavy atom. The van der Waals surface area contributed by atoms with Crippen LogP contribution in [0.3, 0.4) is 0 Å². The van der Waals surface area contributed by atoms with Gasteiger partial charge in [-0.05, 0) is 13.0 Å². The number of aromatic nitrogens is 3. The van der Waals surface area contributed by atoms with Crippen LogP contribution >= 0.6 is 0 Å². The van der Waals surface area contributed by atoms with E-state index in [1.165, 1.54) is 6.07 Å². The monoisotopic (exact) mass is 218 g/mol. The first-order valence-corrected chi connectivity index (χ1v) is 4.85. The maximum Gasteiger partial charge on any atom is 0.280 e. The number of aryl methyl sites for hydroxylation is 1. The van der Waals surface area contributed by atoms with Crippen molar-refractivity contribution >= 4 is 5.69 Å². The van der Waals surface area contributed by atoms with Gasteiger partial charge in [0.05, 0.1) is 10.5 Å². The Balaban J connectivity index is 2.60. The van der Waals surface area contributed by atoms with Crippen molar-refractivity contribution in [3.63, 3.8) is 0 Å². The summed E-state index contributed by atoms with van der Waals surface area (Å²) in [5.41, 5.74) is 0.539. The van der Waals surface area contributed by atoms with Crippen LogP contribution in [-0.4, -0.2) is 19.7 Å². The molecule has 0 N–H and O–H groups in total. The van der Waals surface area contributed by atoms with Crippen molar-refractivity contribution < 1.29 is 4.92 Å². The molecule has 1 heterocycles. The molecule has 2 aromatic rings. The fraction of sp³-hybridized carbons (Fsp3) is 0.200. The molecule has 1 aromatic carbocycles. The van der Waals surface area contributed by atoms with Crippen molar-refractivity contribution in [1.29, 1.82) is 0 Å². The Kier molecular flexibility index (Phi) is 2.63. The maximum atomic E-state index is 10.9. The summed E-state index contributed by atoms with van der Waals surface area (Å²) < 4.78 is 1.77. The first-order valence-electron chi connectivity index (χ1n) is 4.85. The Bertz CT molecular complexity index is 521.